The Morgan fingerprint density at radius 2 is 1.88 bits per heavy atom. The minimum atomic E-state index is -0.265. The standard InChI is InChI=1S/C12H24N2O2/c1-9-7-14(8-10(2)16-9)11(15)5-6-12(3,4)13/h9-10H,5-8,13H2,1-4H3/t9-,10+. The molecule has 2 atom stereocenters. The van der Waals surface area contributed by atoms with Gasteiger partial charge in [-0.3, -0.25) is 4.79 Å². The Bertz CT molecular complexity index is 238. The van der Waals surface area contributed by atoms with Gasteiger partial charge in [-0.05, 0) is 34.1 Å². The van der Waals surface area contributed by atoms with Gasteiger partial charge < -0.3 is 15.4 Å². The molecule has 0 aliphatic carbocycles. The number of carbonyl (C=O) groups is 1. The molecule has 1 aliphatic heterocycles. The first-order chi connectivity index (χ1) is 7.28. The van der Waals surface area contributed by atoms with Crippen molar-refractivity contribution in [1.82, 2.24) is 4.90 Å². The fraction of sp³-hybridized carbons (Fsp3) is 0.917. The van der Waals surface area contributed by atoms with Gasteiger partial charge in [0.05, 0.1) is 12.2 Å². The lowest BCUT2D eigenvalue weighted by Crippen LogP contribution is -2.48. The predicted molar refractivity (Wildman–Crippen MR) is 64.1 cm³/mol. The summed E-state index contributed by atoms with van der Waals surface area (Å²) in [7, 11) is 0. The van der Waals surface area contributed by atoms with Gasteiger partial charge in [-0.2, -0.15) is 0 Å². The summed E-state index contributed by atoms with van der Waals surface area (Å²) in [6, 6.07) is 0. The molecule has 94 valence electrons. The maximum absolute atomic E-state index is 12.0. The van der Waals surface area contributed by atoms with Crippen LogP contribution in [0.5, 0.6) is 0 Å². The molecular weight excluding hydrogens is 204 g/mol. The van der Waals surface area contributed by atoms with Gasteiger partial charge in [0.2, 0.25) is 5.91 Å². The third-order valence-corrected chi connectivity index (χ3v) is 2.76. The fourth-order valence-electron chi connectivity index (χ4n) is 1.97. The van der Waals surface area contributed by atoms with Crippen LogP contribution in [0.25, 0.3) is 0 Å². The molecule has 0 aromatic carbocycles. The van der Waals surface area contributed by atoms with Crippen LogP contribution in [0.2, 0.25) is 0 Å². The molecular formula is C12H24N2O2. The molecule has 0 spiro atoms. The summed E-state index contributed by atoms with van der Waals surface area (Å²) in [6.45, 7) is 9.31. The molecule has 1 heterocycles. The second kappa shape index (κ2) is 5.15. The van der Waals surface area contributed by atoms with Gasteiger partial charge in [-0.1, -0.05) is 0 Å². The van der Waals surface area contributed by atoms with Crippen LogP contribution in [-0.4, -0.2) is 41.6 Å². The lowest BCUT2D eigenvalue weighted by atomic mass is 9.99. The lowest BCUT2D eigenvalue weighted by molar-refractivity contribution is -0.143. The Balaban J connectivity index is 2.41. The summed E-state index contributed by atoms with van der Waals surface area (Å²) < 4.78 is 5.59. The maximum Gasteiger partial charge on any atom is 0.222 e. The van der Waals surface area contributed by atoms with Crippen molar-refractivity contribution in [3.05, 3.63) is 0 Å². The van der Waals surface area contributed by atoms with Crippen LogP contribution >= 0.6 is 0 Å². The molecule has 1 amide bonds. The minimum absolute atomic E-state index is 0.138. The largest absolute Gasteiger partial charge is 0.372 e. The monoisotopic (exact) mass is 228 g/mol. The highest BCUT2D eigenvalue weighted by Gasteiger charge is 2.26. The van der Waals surface area contributed by atoms with Crippen LogP contribution in [0.3, 0.4) is 0 Å². The number of hydrogen-bond acceptors (Lipinski definition) is 3. The van der Waals surface area contributed by atoms with Crippen LogP contribution < -0.4 is 5.73 Å². The molecule has 1 rings (SSSR count). The zero-order valence-corrected chi connectivity index (χ0v) is 10.8. The summed E-state index contributed by atoms with van der Waals surface area (Å²) in [5, 5.41) is 0. The van der Waals surface area contributed by atoms with Gasteiger partial charge >= 0.3 is 0 Å². The summed E-state index contributed by atoms with van der Waals surface area (Å²) in [6.07, 6.45) is 1.53. The van der Waals surface area contributed by atoms with Crippen LogP contribution in [0, 0.1) is 0 Å². The van der Waals surface area contributed by atoms with Crippen molar-refractivity contribution in [3.8, 4) is 0 Å². The molecule has 16 heavy (non-hydrogen) atoms. The van der Waals surface area contributed by atoms with E-state index < -0.39 is 0 Å². The molecule has 1 fully saturated rings. The number of ether oxygens (including phenoxy) is 1. The van der Waals surface area contributed by atoms with Crippen molar-refractivity contribution in [2.45, 2.75) is 58.3 Å². The highest BCUT2D eigenvalue weighted by Crippen LogP contribution is 2.14. The first kappa shape index (κ1) is 13.5. The van der Waals surface area contributed by atoms with Crippen LogP contribution in [-0.2, 0) is 9.53 Å². The molecule has 0 bridgehead atoms. The van der Waals surface area contributed by atoms with Crippen LogP contribution in [0.15, 0.2) is 0 Å². The average molecular weight is 228 g/mol. The Hall–Kier alpha value is -0.610. The highest BCUT2D eigenvalue weighted by atomic mass is 16.5. The van der Waals surface area contributed by atoms with Crippen molar-refractivity contribution in [1.29, 1.82) is 0 Å². The van der Waals surface area contributed by atoms with E-state index in [0.717, 1.165) is 6.42 Å². The third kappa shape index (κ3) is 4.49. The van der Waals surface area contributed by atoms with E-state index in [-0.39, 0.29) is 23.7 Å². The predicted octanol–water partition coefficient (Wildman–Crippen LogP) is 1.14. The smallest absolute Gasteiger partial charge is 0.222 e. The Morgan fingerprint density at radius 1 is 1.38 bits per heavy atom. The van der Waals surface area contributed by atoms with E-state index in [2.05, 4.69) is 0 Å². The van der Waals surface area contributed by atoms with E-state index in [9.17, 15) is 4.79 Å². The number of morpholine rings is 1. The first-order valence-corrected chi connectivity index (χ1v) is 6.00. The molecule has 1 aliphatic rings. The Labute approximate surface area is 98.1 Å². The van der Waals surface area contributed by atoms with Gasteiger partial charge in [0, 0.05) is 25.0 Å². The van der Waals surface area contributed by atoms with Crippen molar-refractivity contribution in [2.75, 3.05) is 13.1 Å². The van der Waals surface area contributed by atoms with Gasteiger partial charge in [0.25, 0.3) is 0 Å². The number of nitrogens with zero attached hydrogens (tertiary/aromatic N) is 1. The third-order valence-electron chi connectivity index (χ3n) is 2.76. The van der Waals surface area contributed by atoms with Crippen molar-refractivity contribution in [2.24, 2.45) is 5.73 Å². The summed E-state index contributed by atoms with van der Waals surface area (Å²) in [4.78, 5) is 13.8. The fourth-order valence-corrected chi connectivity index (χ4v) is 1.97. The molecule has 0 aromatic rings. The first-order valence-electron chi connectivity index (χ1n) is 6.00. The highest BCUT2D eigenvalue weighted by molar-refractivity contribution is 5.76. The van der Waals surface area contributed by atoms with Gasteiger partial charge in [0.1, 0.15) is 0 Å². The summed E-state index contributed by atoms with van der Waals surface area (Å²) in [5.74, 6) is 0.195. The zero-order valence-electron chi connectivity index (χ0n) is 10.8. The zero-order chi connectivity index (χ0) is 12.3. The number of amides is 1. The van der Waals surface area contributed by atoms with E-state index in [1.165, 1.54) is 0 Å². The van der Waals surface area contributed by atoms with E-state index in [4.69, 9.17) is 10.5 Å². The molecule has 1 saturated heterocycles. The molecule has 4 heteroatoms. The molecule has 2 N–H and O–H groups in total. The minimum Gasteiger partial charge on any atom is -0.372 e. The molecule has 0 radical (unpaired) electrons. The molecule has 0 saturated carbocycles. The number of rotatable bonds is 3. The SMILES string of the molecule is C[C@@H]1CN(C(=O)CCC(C)(C)N)C[C@H](C)O1. The second-order valence-corrected chi connectivity index (χ2v) is 5.54. The number of carbonyl (C=O) groups excluding carboxylic acids is 1. The van der Waals surface area contributed by atoms with E-state index in [1.807, 2.05) is 32.6 Å². The normalized spacial score (nSPS) is 26.9. The van der Waals surface area contributed by atoms with Crippen molar-refractivity contribution < 1.29 is 9.53 Å². The van der Waals surface area contributed by atoms with Gasteiger partial charge in [-0.15, -0.1) is 0 Å². The number of hydrogen-bond donors (Lipinski definition) is 1. The topological polar surface area (TPSA) is 55.6 Å². The Morgan fingerprint density at radius 3 is 2.31 bits per heavy atom. The second-order valence-electron chi connectivity index (χ2n) is 5.54. The van der Waals surface area contributed by atoms with Crippen molar-refractivity contribution in [3.63, 3.8) is 0 Å². The summed E-state index contributed by atoms with van der Waals surface area (Å²) >= 11 is 0. The molecule has 0 unspecified atom stereocenters. The summed E-state index contributed by atoms with van der Waals surface area (Å²) in [5.41, 5.74) is 5.61. The average Bonchev–Trinajstić information content (AvgIpc) is 2.11. The van der Waals surface area contributed by atoms with Crippen LogP contribution in [0.1, 0.15) is 40.5 Å². The number of nitrogens with two attached hydrogens (primary N) is 1. The Kier molecular flexibility index (Phi) is 4.33. The van der Waals surface area contributed by atoms with Gasteiger partial charge in [-0.25, -0.2) is 0 Å². The van der Waals surface area contributed by atoms with Crippen LogP contribution in [0.4, 0.5) is 0 Å². The van der Waals surface area contributed by atoms with E-state index >= 15 is 0 Å². The van der Waals surface area contributed by atoms with Gasteiger partial charge in [0.15, 0.2) is 0 Å². The maximum atomic E-state index is 12.0. The van der Waals surface area contributed by atoms with E-state index in [1.54, 1.807) is 0 Å². The van der Waals surface area contributed by atoms with Crippen molar-refractivity contribution >= 4 is 5.91 Å². The molecule has 0 aromatic heterocycles. The quantitative estimate of drug-likeness (QED) is 0.788. The molecule has 4 nitrogen and oxygen atoms in total. The van der Waals surface area contributed by atoms with E-state index in [0.29, 0.717) is 19.5 Å². The lowest BCUT2D eigenvalue weighted by Gasteiger charge is -2.35.